The maximum atomic E-state index is 12.3. The summed E-state index contributed by atoms with van der Waals surface area (Å²) in [6.45, 7) is 6.81. The second-order valence-corrected chi connectivity index (χ2v) is 8.29. The number of carbonyl (C=O) groups is 6. The van der Waals surface area contributed by atoms with E-state index in [-0.39, 0.29) is 42.8 Å². The molecule has 0 spiro atoms. The van der Waals surface area contributed by atoms with Gasteiger partial charge in [0.05, 0.1) is 25.7 Å². The molecule has 1 fully saturated rings. The van der Waals surface area contributed by atoms with Crippen LogP contribution in [0, 0.1) is 0 Å². The predicted molar refractivity (Wildman–Crippen MR) is 139 cm³/mol. The standard InChI is InChI=1S/C18H34N4O6.C6H10N2O2/c1-4-9-15(23)19-12-13-20-16(24)14(22-18(26)28-6-3)10-7-8-11-21-17(25)27-5-2;1-7-4-3-5(9)8(2)6(4)10/h14H,4-13H2,1-3H3,(H,19,23)(H,20,24)(H,21,25)(H,22,26);4,7H,3H2,1-2H3. The SMILES string of the molecule is CCCC(=O)NCCNC(=O)C(CCCCNC(=O)OCC)NC(=O)OCC.CNC1CC(=O)N(C)C1=O. The molecule has 1 rings (SSSR count). The van der Waals surface area contributed by atoms with Crippen LogP contribution in [0.4, 0.5) is 9.59 Å². The van der Waals surface area contributed by atoms with E-state index in [1.165, 1.54) is 7.05 Å². The Kier molecular flexibility index (Phi) is 18.8. The number of rotatable bonds is 15. The molecule has 0 aromatic heterocycles. The highest BCUT2D eigenvalue weighted by molar-refractivity contribution is 6.05. The fraction of sp³-hybridized carbons (Fsp3) is 0.750. The summed E-state index contributed by atoms with van der Waals surface area (Å²) in [4.78, 5) is 69.5. The van der Waals surface area contributed by atoms with Crippen LogP contribution in [0.15, 0.2) is 0 Å². The highest BCUT2D eigenvalue weighted by Gasteiger charge is 2.34. The number of alkyl carbamates (subject to hydrolysis) is 2. The van der Waals surface area contributed by atoms with Crippen LogP contribution in [0.1, 0.15) is 59.3 Å². The van der Waals surface area contributed by atoms with Crippen molar-refractivity contribution in [3.63, 3.8) is 0 Å². The Morgan fingerprint density at radius 3 is 2.08 bits per heavy atom. The molecule has 14 nitrogen and oxygen atoms in total. The lowest BCUT2D eigenvalue weighted by Crippen LogP contribution is -2.48. The van der Waals surface area contributed by atoms with Gasteiger partial charge in [0, 0.05) is 33.1 Å². The molecular weight excluding hydrogens is 500 g/mol. The summed E-state index contributed by atoms with van der Waals surface area (Å²) in [5.41, 5.74) is 0. The van der Waals surface area contributed by atoms with Crippen molar-refractivity contribution in [2.24, 2.45) is 0 Å². The zero-order valence-corrected chi connectivity index (χ0v) is 23.1. The topological polar surface area (TPSA) is 184 Å². The Bertz CT molecular complexity index is 779. The average Bonchev–Trinajstić information content (AvgIpc) is 3.13. The smallest absolute Gasteiger partial charge is 0.407 e. The molecule has 1 aliphatic rings. The van der Waals surface area contributed by atoms with Crippen molar-refractivity contribution in [2.75, 3.05) is 46.9 Å². The van der Waals surface area contributed by atoms with Crippen LogP contribution in [0.25, 0.3) is 0 Å². The zero-order chi connectivity index (χ0) is 28.9. The number of unbranched alkanes of at least 4 members (excludes halogenated alkanes) is 1. The number of hydrogen-bond donors (Lipinski definition) is 5. The maximum absolute atomic E-state index is 12.3. The van der Waals surface area contributed by atoms with Crippen molar-refractivity contribution in [1.29, 1.82) is 0 Å². The highest BCUT2D eigenvalue weighted by Crippen LogP contribution is 2.09. The quantitative estimate of drug-likeness (QED) is 0.140. The Morgan fingerprint density at radius 1 is 0.921 bits per heavy atom. The minimum atomic E-state index is -0.756. The summed E-state index contributed by atoms with van der Waals surface area (Å²) in [5.74, 6) is -0.653. The van der Waals surface area contributed by atoms with E-state index < -0.39 is 18.2 Å². The maximum Gasteiger partial charge on any atom is 0.407 e. The fourth-order valence-electron chi connectivity index (χ4n) is 3.24. The van der Waals surface area contributed by atoms with E-state index in [0.717, 1.165) is 11.3 Å². The molecule has 0 bridgehead atoms. The summed E-state index contributed by atoms with van der Waals surface area (Å²) < 4.78 is 9.59. The van der Waals surface area contributed by atoms with Gasteiger partial charge in [0.15, 0.2) is 0 Å². The first kappa shape index (κ1) is 34.6. The van der Waals surface area contributed by atoms with Crippen LogP contribution in [0.5, 0.6) is 0 Å². The summed E-state index contributed by atoms with van der Waals surface area (Å²) in [6.07, 6.45) is 1.97. The van der Waals surface area contributed by atoms with E-state index in [4.69, 9.17) is 9.47 Å². The second-order valence-electron chi connectivity index (χ2n) is 8.29. The van der Waals surface area contributed by atoms with Gasteiger partial charge in [-0.1, -0.05) is 6.92 Å². The molecule has 0 radical (unpaired) electrons. The van der Waals surface area contributed by atoms with Gasteiger partial charge in [-0.15, -0.1) is 0 Å². The van der Waals surface area contributed by atoms with Gasteiger partial charge in [-0.2, -0.15) is 0 Å². The number of nitrogens with one attached hydrogen (secondary N) is 5. The van der Waals surface area contributed by atoms with Crippen LogP contribution >= 0.6 is 0 Å². The van der Waals surface area contributed by atoms with E-state index in [9.17, 15) is 28.8 Å². The first-order valence-electron chi connectivity index (χ1n) is 13.0. The number of nitrogens with zero attached hydrogens (tertiary/aromatic N) is 1. The van der Waals surface area contributed by atoms with Gasteiger partial charge in [0.25, 0.3) is 0 Å². The molecule has 6 amide bonds. The average molecular weight is 545 g/mol. The summed E-state index contributed by atoms with van der Waals surface area (Å²) in [7, 11) is 3.18. The van der Waals surface area contributed by atoms with Crippen molar-refractivity contribution < 1.29 is 38.2 Å². The number of likely N-dealkylation sites (N-methyl/N-ethyl adjacent to an activating group) is 2. The van der Waals surface area contributed by atoms with E-state index in [2.05, 4.69) is 26.6 Å². The molecule has 0 saturated carbocycles. The number of ether oxygens (including phenoxy) is 2. The Balaban J connectivity index is 0.00000113. The molecule has 1 aliphatic heterocycles. The molecule has 2 atom stereocenters. The fourth-order valence-corrected chi connectivity index (χ4v) is 3.24. The number of imide groups is 1. The zero-order valence-electron chi connectivity index (χ0n) is 23.1. The van der Waals surface area contributed by atoms with Crippen LogP contribution in [-0.4, -0.2) is 99.7 Å². The monoisotopic (exact) mass is 544 g/mol. The predicted octanol–water partition coefficient (Wildman–Crippen LogP) is 0.0131. The van der Waals surface area contributed by atoms with E-state index in [1.54, 1.807) is 20.9 Å². The third-order valence-electron chi connectivity index (χ3n) is 5.30. The minimum absolute atomic E-state index is 0.0629. The third kappa shape index (κ3) is 15.0. The van der Waals surface area contributed by atoms with Gasteiger partial charge in [0.2, 0.25) is 23.6 Å². The van der Waals surface area contributed by atoms with Gasteiger partial charge in [-0.05, 0) is 46.6 Å². The van der Waals surface area contributed by atoms with Gasteiger partial charge in [-0.3, -0.25) is 24.1 Å². The van der Waals surface area contributed by atoms with Crippen molar-refractivity contribution in [2.45, 2.75) is 71.4 Å². The van der Waals surface area contributed by atoms with Crippen molar-refractivity contribution in [3.8, 4) is 0 Å². The molecule has 0 aromatic rings. The van der Waals surface area contributed by atoms with Crippen molar-refractivity contribution >= 4 is 35.8 Å². The lowest BCUT2D eigenvalue weighted by atomic mass is 10.1. The molecule has 1 saturated heterocycles. The molecule has 0 aliphatic carbocycles. The molecule has 218 valence electrons. The normalized spacial score (nSPS) is 15.1. The van der Waals surface area contributed by atoms with Gasteiger partial charge < -0.3 is 36.1 Å². The summed E-state index contributed by atoms with van der Waals surface area (Å²) in [5, 5.41) is 13.3. The second kappa shape index (κ2) is 20.6. The Morgan fingerprint density at radius 2 is 1.55 bits per heavy atom. The molecule has 0 aromatic carbocycles. The molecule has 2 unspecified atom stereocenters. The first-order valence-corrected chi connectivity index (χ1v) is 13.0. The van der Waals surface area contributed by atoms with Crippen LogP contribution in [0.3, 0.4) is 0 Å². The van der Waals surface area contributed by atoms with E-state index in [1.807, 2.05) is 6.92 Å². The lowest BCUT2D eigenvalue weighted by molar-refractivity contribution is -0.137. The number of amides is 6. The third-order valence-corrected chi connectivity index (χ3v) is 5.30. The van der Waals surface area contributed by atoms with Crippen molar-refractivity contribution in [3.05, 3.63) is 0 Å². The molecule has 38 heavy (non-hydrogen) atoms. The first-order chi connectivity index (χ1) is 18.1. The highest BCUT2D eigenvalue weighted by atomic mass is 16.6. The number of carbonyl (C=O) groups excluding carboxylic acids is 6. The summed E-state index contributed by atoms with van der Waals surface area (Å²) >= 11 is 0. The van der Waals surface area contributed by atoms with Gasteiger partial charge in [0.1, 0.15) is 6.04 Å². The lowest BCUT2D eigenvalue weighted by Gasteiger charge is -2.18. The Hall–Kier alpha value is -3.42. The van der Waals surface area contributed by atoms with Gasteiger partial charge >= 0.3 is 12.2 Å². The van der Waals surface area contributed by atoms with Crippen LogP contribution in [0.2, 0.25) is 0 Å². The molecule has 5 N–H and O–H groups in total. The largest absolute Gasteiger partial charge is 0.450 e. The van der Waals surface area contributed by atoms with Crippen molar-refractivity contribution in [1.82, 2.24) is 31.5 Å². The summed E-state index contributed by atoms with van der Waals surface area (Å²) in [6, 6.07) is -1.05. The molecular formula is C24H44N6O8. The van der Waals surface area contributed by atoms with E-state index in [0.29, 0.717) is 51.8 Å². The number of hydrogen-bond acceptors (Lipinski definition) is 9. The van der Waals surface area contributed by atoms with Crippen LogP contribution in [-0.2, 0) is 28.7 Å². The minimum Gasteiger partial charge on any atom is -0.450 e. The van der Waals surface area contributed by atoms with Crippen LogP contribution < -0.4 is 26.6 Å². The molecule has 14 heteroatoms. The van der Waals surface area contributed by atoms with E-state index >= 15 is 0 Å². The molecule has 1 heterocycles. The number of likely N-dealkylation sites (tertiary alicyclic amines) is 1. The Labute approximate surface area is 224 Å². The van der Waals surface area contributed by atoms with Gasteiger partial charge in [-0.25, -0.2) is 9.59 Å².